The molecule has 2 heterocycles. The molecular formula is C16H20FN3O. The number of nitrogens with zero attached hydrogens (tertiary/aromatic N) is 3. The summed E-state index contributed by atoms with van der Waals surface area (Å²) in [4.78, 5) is 6.90. The fourth-order valence-electron chi connectivity index (χ4n) is 2.91. The second-order valence-electron chi connectivity index (χ2n) is 5.52. The van der Waals surface area contributed by atoms with Crippen LogP contribution in [0.2, 0.25) is 0 Å². The summed E-state index contributed by atoms with van der Waals surface area (Å²) >= 11 is 0. The second-order valence-corrected chi connectivity index (χ2v) is 5.52. The highest BCUT2D eigenvalue weighted by atomic mass is 19.1. The van der Waals surface area contributed by atoms with Crippen molar-refractivity contribution in [3.63, 3.8) is 0 Å². The maximum atomic E-state index is 13.4. The third-order valence-corrected chi connectivity index (χ3v) is 4.18. The average Bonchev–Trinajstić information content (AvgIpc) is 2.74. The zero-order chi connectivity index (χ0) is 15.0. The number of benzene rings is 1. The van der Waals surface area contributed by atoms with Crippen LogP contribution in [-0.2, 0) is 19.6 Å². The van der Waals surface area contributed by atoms with Crippen molar-refractivity contribution in [3.8, 4) is 5.75 Å². The van der Waals surface area contributed by atoms with Crippen LogP contribution in [0.4, 0.5) is 4.39 Å². The van der Waals surface area contributed by atoms with Crippen LogP contribution in [0.1, 0.15) is 22.8 Å². The van der Waals surface area contributed by atoms with E-state index in [1.807, 2.05) is 6.92 Å². The normalized spacial score (nSPS) is 15.0. The van der Waals surface area contributed by atoms with Gasteiger partial charge in [-0.2, -0.15) is 0 Å². The zero-order valence-electron chi connectivity index (χ0n) is 12.7. The molecule has 1 aliphatic heterocycles. The SMILES string of the molecule is COc1ccc(F)cc1CN1CCn2c(nc(C)c2C)C1. The van der Waals surface area contributed by atoms with Crippen LogP contribution in [0.3, 0.4) is 0 Å². The summed E-state index contributed by atoms with van der Waals surface area (Å²) in [6.45, 7) is 7.47. The molecule has 0 atom stereocenters. The van der Waals surface area contributed by atoms with E-state index < -0.39 is 0 Å². The maximum absolute atomic E-state index is 13.4. The van der Waals surface area contributed by atoms with E-state index in [1.54, 1.807) is 19.2 Å². The van der Waals surface area contributed by atoms with E-state index in [-0.39, 0.29) is 5.82 Å². The number of halogens is 1. The topological polar surface area (TPSA) is 30.3 Å². The molecule has 0 saturated carbocycles. The first kappa shape index (κ1) is 14.1. The number of rotatable bonds is 3. The van der Waals surface area contributed by atoms with Crippen LogP contribution in [-0.4, -0.2) is 28.1 Å². The molecule has 1 aromatic heterocycles. The fraction of sp³-hybridized carbons (Fsp3) is 0.438. The van der Waals surface area contributed by atoms with Gasteiger partial charge in [0.25, 0.3) is 0 Å². The highest BCUT2D eigenvalue weighted by Crippen LogP contribution is 2.24. The van der Waals surface area contributed by atoms with E-state index in [0.29, 0.717) is 6.54 Å². The summed E-state index contributed by atoms with van der Waals surface area (Å²) < 4.78 is 21.0. The van der Waals surface area contributed by atoms with Crippen LogP contribution >= 0.6 is 0 Å². The Morgan fingerprint density at radius 2 is 2.10 bits per heavy atom. The highest BCUT2D eigenvalue weighted by molar-refractivity contribution is 5.34. The van der Waals surface area contributed by atoms with Gasteiger partial charge in [-0.15, -0.1) is 0 Å². The quantitative estimate of drug-likeness (QED) is 0.870. The Labute approximate surface area is 124 Å². The summed E-state index contributed by atoms with van der Waals surface area (Å²) in [6.07, 6.45) is 0. The lowest BCUT2D eigenvalue weighted by Crippen LogP contribution is -2.33. The first-order valence-electron chi connectivity index (χ1n) is 7.16. The van der Waals surface area contributed by atoms with Gasteiger partial charge in [0.1, 0.15) is 17.4 Å². The van der Waals surface area contributed by atoms with Gasteiger partial charge < -0.3 is 9.30 Å². The second kappa shape index (κ2) is 5.48. The van der Waals surface area contributed by atoms with Gasteiger partial charge in [0.15, 0.2) is 0 Å². The van der Waals surface area contributed by atoms with Crippen molar-refractivity contribution in [2.24, 2.45) is 0 Å². The number of ether oxygens (including phenoxy) is 1. The van der Waals surface area contributed by atoms with Crippen LogP contribution < -0.4 is 4.74 Å². The van der Waals surface area contributed by atoms with Gasteiger partial charge in [-0.3, -0.25) is 4.90 Å². The van der Waals surface area contributed by atoms with Crippen molar-refractivity contribution in [1.29, 1.82) is 0 Å². The standard InChI is InChI=1S/C16H20FN3O/c1-11-12(2)20-7-6-19(10-16(20)18-11)9-13-8-14(17)4-5-15(13)21-3/h4-5,8H,6-7,9-10H2,1-3H3. The zero-order valence-corrected chi connectivity index (χ0v) is 12.7. The highest BCUT2D eigenvalue weighted by Gasteiger charge is 2.21. The molecule has 0 radical (unpaired) electrons. The van der Waals surface area contributed by atoms with E-state index in [1.165, 1.54) is 11.8 Å². The third kappa shape index (κ3) is 2.65. The van der Waals surface area contributed by atoms with Crippen molar-refractivity contribution in [1.82, 2.24) is 14.5 Å². The molecule has 1 aliphatic rings. The molecule has 0 fully saturated rings. The van der Waals surface area contributed by atoms with Crippen molar-refractivity contribution < 1.29 is 9.13 Å². The number of aromatic nitrogens is 2. The minimum Gasteiger partial charge on any atom is -0.496 e. The predicted molar refractivity (Wildman–Crippen MR) is 78.8 cm³/mol. The molecule has 0 spiro atoms. The number of hydrogen-bond donors (Lipinski definition) is 0. The Kier molecular flexibility index (Phi) is 3.68. The minimum atomic E-state index is -0.226. The first-order valence-corrected chi connectivity index (χ1v) is 7.16. The molecule has 0 saturated heterocycles. The smallest absolute Gasteiger partial charge is 0.123 e. The number of fused-ring (bicyclic) bond motifs is 1. The summed E-state index contributed by atoms with van der Waals surface area (Å²) in [5.74, 6) is 1.60. The molecule has 112 valence electrons. The Hall–Kier alpha value is -1.88. The van der Waals surface area contributed by atoms with Crippen LogP contribution in [0.25, 0.3) is 0 Å². The number of methoxy groups -OCH3 is 1. The molecule has 0 amide bonds. The molecule has 0 N–H and O–H groups in total. The average molecular weight is 289 g/mol. The van der Waals surface area contributed by atoms with Crippen LogP contribution in [0.5, 0.6) is 5.75 Å². The largest absolute Gasteiger partial charge is 0.496 e. The third-order valence-electron chi connectivity index (χ3n) is 4.18. The summed E-state index contributed by atoms with van der Waals surface area (Å²) in [5.41, 5.74) is 3.22. The van der Waals surface area contributed by atoms with Crippen molar-refractivity contribution >= 4 is 0 Å². The van der Waals surface area contributed by atoms with Crippen molar-refractivity contribution in [2.45, 2.75) is 33.5 Å². The Morgan fingerprint density at radius 1 is 1.29 bits per heavy atom. The lowest BCUT2D eigenvalue weighted by molar-refractivity contribution is 0.205. The lowest BCUT2D eigenvalue weighted by Gasteiger charge is -2.28. The first-order chi connectivity index (χ1) is 10.1. The molecule has 21 heavy (non-hydrogen) atoms. The number of aryl methyl sites for hydroxylation is 1. The van der Waals surface area contributed by atoms with Gasteiger partial charge >= 0.3 is 0 Å². The molecule has 0 unspecified atom stereocenters. The molecule has 0 aliphatic carbocycles. The van der Waals surface area contributed by atoms with E-state index in [4.69, 9.17) is 4.74 Å². The summed E-state index contributed by atoms with van der Waals surface area (Å²) in [6, 6.07) is 4.66. The van der Waals surface area contributed by atoms with Gasteiger partial charge in [-0.25, -0.2) is 9.37 Å². The lowest BCUT2D eigenvalue weighted by atomic mass is 10.1. The molecule has 1 aromatic carbocycles. The van der Waals surface area contributed by atoms with E-state index in [0.717, 1.165) is 42.5 Å². The summed E-state index contributed by atoms with van der Waals surface area (Å²) in [7, 11) is 1.62. The maximum Gasteiger partial charge on any atom is 0.123 e. The van der Waals surface area contributed by atoms with Gasteiger partial charge in [0.2, 0.25) is 0 Å². The Balaban J connectivity index is 1.80. The number of hydrogen-bond acceptors (Lipinski definition) is 3. The van der Waals surface area contributed by atoms with Gasteiger partial charge in [0.05, 0.1) is 19.3 Å². The molecular weight excluding hydrogens is 269 g/mol. The molecule has 4 nitrogen and oxygen atoms in total. The summed E-state index contributed by atoms with van der Waals surface area (Å²) in [5, 5.41) is 0. The predicted octanol–water partition coefficient (Wildman–Crippen LogP) is 2.66. The van der Waals surface area contributed by atoms with Crippen LogP contribution in [0.15, 0.2) is 18.2 Å². The minimum absolute atomic E-state index is 0.226. The van der Waals surface area contributed by atoms with Gasteiger partial charge in [0, 0.05) is 30.9 Å². The Morgan fingerprint density at radius 3 is 2.86 bits per heavy atom. The molecule has 5 heteroatoms. The Bertz CT molecular complexity index is 666. The molecule has 3 rings (SSSR count). The van der Waals surface area contributed by atoms with Crippen molar-refractivity contribution in [2.75, 3.05) is 13.7 Å². The van der Waals surface area contributed by atoms with Crippen LogP contribution in [0, 0.1) is 19.7 Å². The van der Waals surface area contributed by atoms with Gasteiger partial charge in [-0.1, -0.05) is 0 Å². The number of imidazole rings is 1. The van der Waals surface area contributed by atoms with E-state index in [2.05, 4.69) is 21.4 Å². The molecule has 0 bridgehead atoms. The van der Waals surface area contributed by atoms with E-state index >= 15 is 0 Å². The van der Waals surface area contributed by atoms with Crippen molar-refractivity contribution in [3.05, 3.63) is 46.8 Å². The molecule has 2 aromatic rings. The monoisotopic (exact) mass is 289 g/mol. The van der Waals surface area contributed by atoms with Gasteiger partial charge in [-0.05, 0) is 32.0 Å². The van der Waals surface area contributed by atoms with E-state index in [9.17, 15) is 4.39 Å². The fourth-order valence-corrected chi connectivity index (χ4v) is 2.91.